The molecule has 1 heterocycles. The van der Waals surface area contributed by atoms with Crippen molar-refractivity contribution in [1.82, 2.24) is 4.31 Å². The fourth-order valence-electron chi connectivity index (χ4n) is 3.76. The van der Waals surface area contributed by atoms with E-state index in [2.05, 4.69) is 0 Å². The molecule has 0 atom stereocenters. The van der Waals surface area contributed by atoms with E-state index in [1.165, 1.54) is 40.7 Å². The molecule has 1 aromatic heterocycles. The summed E-state index contributed by atoms with van der Waals surface area (Å²) in [4.78, 5) is 11.3. The maximum absolute atomic E-state index is 14.5. The molecule has 0 amide bonds. The average Bonchev–Trinajstić information content (AvgIpc) is 3.15. The maximum atomic E-state index is 14.5. The van der Waals surface area contributed by atoms with Crippen LogP contribution in [0.2, 0.25) is 5.02 Å². The lowest BCUT2D eigenvalue weighted by molar-refractivity contribution is 0.0664. The minimum atomic E-state index is -4.10. The molecule has 1 N–H and O–H groups in total. The monoisotopic (exact) mass is 501 g/mol. The zero-order valence-electron chi connectivity index (χ0n) is 18.2. The number of halogens is 2. The molecule has 0 fully saturated rings. The Labute approximate surface area is 201 Å². The minimum Gasteiger partial charge on any atom is -0.475 e. The van der Waals surface area contributed by atoms with Crippen LogP contribution in [-0.2, 0) is 23.0 Å². The van der Waals surface area contributed by atoms with Gasteiger partial charge in [-0.2, -0.15) is 4.31 Å². The third-order valence-electron chi connectivity index (χ3n) is 5.63. The number of sulfonamides is 1. The van der Waals surface area contributed by atoms with Gasteiger partial charge < -0.3 is 9.52 Å². The van der Waals surface area contributed by atoms with E-state index in [-0.39, 0.29) is 39.9 Å². The van der Waals surface area contributed by atoms with E-state index in [0.29, 0.717) is 17.4 Å². The van der Waals surface area contributed by atoms with E-state index in [1.54, 1.807) is 6.92 Å². The standard InChI is InChI=1S/C25H21ClFNO5S/c1-16-19-14-18(10-11-23(19)33-24(16)25(29)30)34(31,32)28(13-12-17-6-3-2-4-7-17)15-20-21(26)8-5-9-22(20)27/h2-11,14H,12-13,15H2,1H3,(H,29,30). The second kappa shape index (κ2) is 9.58. The van der Waals surface area contributed by atoms with Crippen molar-refractivity contribution in [1.29, 1.82) is 0 Å². The molecule has 0 saturated carbocycles. The van der Waals surface area contributed by atoms with Crippen molar-refractivity contribution < 1.29 is 27.1 Å². The van der Waals surface area contributed by atoms with Gasteiger partial charge in [0.25, 0.3) is 0 Å². The zero-order chi connectivity index (χ0) is 24.5. The topological polar surface area (TPSA) is 87.8 Å². The van der Waals surface area contributed by atoms with Gasteiger partial charge in [-0.25, -0.2) is 17.6 Å². The van der Waals surface area contributed by atoms with E-state index in [9.17, 15) is 22.7 Å². The van der Waals surface area contributed by atoms with E-state index in [1.807, 2.05) is 30.3 Å². The smallest absolute Gasteiger partial charge is 0.372 e. The third kappa shape index (κ3) is 4.70. The Kier molecular flexibility index (Phi) is 6.74. The first-order chi connectivity index (χ1) is 16.2. The Morgan fingerprint density at radius 2 is 1.82 bits per heavy atom. The fourth-order valence-corrected chi connectivity index (χ4v) is 5.41. The molecule has 176 valence electrons. The highest BCUT2D eigenvalue weighted by molar-refractivity contribution is 7.89. The van der Waals surface area contributed by atoms with Crippen LogP contribution in [0.5, 0.6) is 0 Å². The number of carbonyl (C=O) groups is 1. The molecule has 0 unspecified atom stereocenters. The van der Waals surface area contributed by atoms with Crippen molar-refractivity contribution in [2.75, 3.05) is 6.54 Å². The van der Waals surface area contributed by atoms with Crippen LogP contribution in [0.4, 0.5) is 4.39 Å². The first-order valence-electron chi connectivity index (χ1n) is 10.4. The number of rotatable bonds is 8. The number of hydrogen-bond acceptors (Lipinski definition) is 4. The van der Waals surface area contributed by atoms with Crippen molar-refractivity contribution in [2.24, 2.45) is 0 Å². The lowest BCUT2D eigenvalue weighted by atomic mass is 10.1. The van der Waals surface area contributed by atoms with Crippen molar-refractivity contribution in [3.63, 3.8) is 0 Å². The molecule has 4 aromatic rings. The molecule has 0 aliphatic carbocycles. The highest BCUT2D eigenvalue weighted by Crippen LogP contribution is 2.30. The zero-order valence-corrected chi connectivity index (χ0v) is 19.7. The number of fused-ring (bicyclic) bond motifs is 1. The number of aryl methyl sites for hydroxylation is 1. The summed E-state index contributed by atoms with van der Waals surface area (Å²) in [6.07, 6.45) is 0.405. The predicted octanol–water partition coefficient (Wildman–Crippen LogP) is 5.67. The molecular weight excluding hydrogens is 481 g/mol. The average molecular weight is 502 g/mol. The Hall–Kier alpha value is -3.20. The molecule has 0 aliphatic rings. The number of aromatic carboxylic acids is 1. The third-order valence-corrected chi connectivity index (χ3v) is 7.82. The number of carboxylic acid groups (broad SMARTS) is 1. The van der Waals surface area contributed by atoms with E-state index < -0.39 is 21.8 Å². The summed E-state index contributed by atoms with van der Waals surface area (Å²) in [7, 11) is -4.10. The van der Waals surface area contributed by atoms with Gasteiger partial charge in [-0.05, 0) is 49.2 Å². The number of hydrogen-bond donors (Lipinski definition) is 1. The van der Waals surface area contributed by atoms with Gasteiger partial charge in [0.1, 0.15) is 11.4 Å². The van der Waals surface area contributed by atoms with Crippen LogP contribution < -0.4 is 0 Å². The molecule has 34 heavy (non-hydrogen) atoms. The molecular formula is C25H21ClFNO5S. The Morgan fingerprint density at radius 1 is 1.09 bits per heavy atom. The molecule has 4 rings (SSSR count). The van der Waals surface area contributed by atoms with Gasteiger partial charge in [-0.3, -0.25) is 0 Å². The summed E-state index contributed by atoms with van der Waals surface area (Å²) < 4.78 is 48.4. The second-order valence-electron chi connectivity index (χ2n) is 7.79. The van der Waals surface area contributed by atoms with E-state index >= 15 is 0 Å². The van der Waals surface area contributed by atoms with Gasteiger partial charge in [-0.15, -0.1) is 0 Å². The normalized spacial score (nSPS) is 11.9. The number of nitrogens with zero attached hydrogens (tertiary/aromatic N) is 1. The number of furan rings is 1. The molecule has 0 bridgehead atoms. The lowest BCUT2D eigenvalue weighted by Crippen LogP contribution is -2.33. The molecule has 9 heteroatoms. The number of benzene rings is 3. The van der Waals surface area contributed by atoms with Gasteiger partial charge in [0, 0.05) is 34.6 Å². The largest absolute Gasteiger partial charge is 0.475 e. The Morgan fingerprint density at radius 3 is 2.50 bits per heavy atom. The molecule has 0 radical (unpaired) electrons. The van der Waals surface area contributed by atoms with Crippen LogP contribution >= 0.6 is 11.6 Å². The van der Waals surface area contributed by atoms with Crippen molar-refractivity contribution in [3.8, 4) is 0 Å². The summed E-state index contributed by atoms with van der Waals surface area (Å²) >= 11 is 6.19. The van der Waals surface area contributed by atoms with Gasteiger partial charge in [-0.1, -0.05) is 48.0 Å². The SMILES string of the molecule is Cc1c(C(=O)O)oc2ccc(S(=O)(=O)N(CCc3ccccc3)Cc3c(F)cccc3Cl)cc12. The van der Waals surface area contributed by atoms with Crippen molar-refractivity contribution in [2.45, 2.75) is 24.8 Å². The highest BCUT2D eigenvalue weighted by atomic mass is 35.5. The fraction of sp³-hybridized carbons (Fsp3) is 0.160. The predicted molar refractivity (Wildman–Crippen MR) is 127 cm³/mol. The van der Waals surface area contributed by atoms with E-state index in [0.717, 1.165) is 5.56 Å². The Balaban J connectivity index is 1.75. The van der Waals surface area contributed by atoms with Crippen LogP contribution in [0.25, 0.3) is 11.0 Å². The van der Waals surface area contributed by atoms with Gasteiger partial charge in [0.05, 0.1) is 4.90 Å². The second-order valence-corrected chi connectivity index (χ2v) is 10.1. The van der Waals surface area contributed by atoms with Crippen molar-refractivity contribution >= 4 is 38.6 Å². The van der Waals surface area contributed by atoms with E-state index in [4.69, 9.17) is 16.0 Å². The quantitative estimate of drug-likeness (QED) is 0.336. The lowest BCUT2D eigenvalue weighted by Gasteiger charge is -2.23. The van der Waals surface area contributed by atoms with Crippen LogP contribution in [-0.4, -0.2) is 30.3 Å². The van der Waals surface area contributed by atoms with Crippen LogP contribution in [0, 0.1) is 12.7 Å². The van der Waals surface area contributed by atoms with Crippen LogP contribution in [0.1, 0.15) is 27.2 Å². The van der Waals surface area contributed by atoms with Crippen molar-refractivity contribution in [3.05, 3.63) is 100 Å². The highest BCUT2D eigenvalue weighted by Gasteiger charge is 2.28. The van der Waals surface area contributed by atoms with Gasteiger partial charge in [0.2, 0.25) is 15.8 Å². The number of carboxylic acids is 1. The summed E-state index contributed by atoms with van der Waals surface area (Å²) in [5.74, 6) is -2.08. The first kappa shape index (κ1) is 23.9. The van der Waals surface area contributed by atoms with Crippen LogP contribution in [0.15, 0.2) is 76.0 Å². The minimum absolute atomic E-state index is 0.0543. The molecule has 0 spiro atoms. The van der Waals surface area contributed by atoms with Gasteiger partial charge in [0.15, 0.2) is 0 Å². The summed E-state index contributed by atoms with van der Waals surface area (Å²) in [6, 6.07) is 17.7. The molecule has 0 aliphatic heterocycles. The van der Waals surface area contributed by atoms with Crippen LogP contribution in [0.3, 0.4) is 0 Å². The van der Waals surface area contributed by atoms with Gasteiger partial charge >= 0.3 is 5.97 Å². The summed E-state index contributed by atoms with van der Waals surface area (Å²) in [6.45, 7) is 1.38. The molecule has 6 nitrogen and oxygen atoms in total. The molecule has 3 aromatic carbocycles. The summed E-state index contributed by atoms with van der Waals surface area (Å²) in [5, 5.41) is 9.82. The maximum Gasteiger partial charge on any atom is 0.372 e. The summed E-state index contributed by atoms with van der Waals surface area (Å²) in [5.41, 5.74) is 1.60. The molecule has 0 saturated heterocycles. The Bertz CT molecular complexity index is 1450. The first-order valence-corrected chi connectivity index (χ1v) is 12.2.